The first-order valence-electron chi connectivity index (χ1n) is 8.23. The van der Waals surface area contributed by atoms with E-state index in [0.717, 1.165) is 5.92 Å². The van der Waals surface area contributed by atoms with Gasteiger partial charge in [0.15, 0.2) is 0 Å². The summed E-state index contributed by atoms with van der Waals surface area (Å²) in [5.74, 6) is 2.02. The summed E-state index contributed by atoms with van der Waals surface area (Å²) in [7, 11) is -2.13. The zero-order chi connectivity index (χ0) is 16.6. The average molecular weight is 336 g/mol. The molecule has 0 aliphatic heterocycles. The maximum absolute atomic E-state index is 12.3. The smallest absolute Gasteiger partial charge is 0.240 e. The number of fused-ring (bicyclic) bond motifs is 2. The second-order valence-corrected chi connectivity index (χ2v) is 8.73. The van der Waals surface area contributed by atoms with Crippen molar-refractivity contribution < 1.29 is 13.2 Å². The van der Waals surface area contributed by atoms with Gasteiger partial charge in [-0.15, -0.1) is 0 Å². The van der Waals surface area contributed by atoms with Crippen LogP contribution in [-0.2, 0) is 14.8 Å². The van der Waals surface area contributed by atoms with Gasteiger partial charge >= 0.3 is 0 Å². The Kier molecular flexibility index (Phi) is 4.47. The fourth-order valence-corrected chi connectivity index (χ4v) is 5.15. The summed E-state index contributed by atoms with van der Waals surface area (Å²) in [6, 6.07) is 5.00. The molecule has 126 valence electrons. The normalized spacial score (nSPS) is 26.4. The molecule has 0 radical (unpaired) electrons. The van der Waals surface area contributed by atoms with Gasteiger partial charge in [0.1, 0.15) is 0 Å². The van der Waals surface area contributed by atoms with E-state index < -0.39 is 10.0 Å². The highest BCUT2D eigenvalue weighted by Crippen LogP contribution is 2.49. The van der Waals surface area contributed by atoms with Crippen LogP contribution < -0.4 is 10.0 Å². The van der Waals surface area contributed by atoms with Crippen molar-refractivity contribution in [2.45, 2.75) is 43.9 Å². The Labute approximate surface area is 137 Å². The Balaban J connectivity index is 1.68. The minimum absolute atomic E-state index is 0.0146. The first kappa shape index (κ1) is 16.5. The maximum Gasteiger partial charge on any atom is 0.240 e. The first-order valence-corrected chi connectivity index (χ1v) is 9.71. The largest absolute Gasteiger partial charge is 0.326 e. The van der Waals surface area contributed by atoms with Gasteiger partial charge in [-0.1, -0.05) is 12.5 Å². The highest BCUT2D eigenvalue weighted by Gasteiger charge is 2.40. The molecular formula is C17H24N2O3S. The van der Waals surface area contributed by atoms with Gasteiger partial charge in [0, 0.05) is 12.1 Å². The van der Waals surface area contributed by atoms with Crippen molar-refractivity contribution in [3.63, 3.8) is 0 Å². The Morgan fingerprint density at radius 2 is 2.04 bits per heavy atom. The molecule has 2 aliphatic carbocycles. The number of aryl methyl sites for hydroxylation is 1. The molecular weight excluding hydrogens is 312 g/mol. The standard InChI is InChI=1S/C17H24N2O3S/c1-11-3-6-15(10-16(11)23(21,22)18-2)19-17(20)9-14-8-12-4-5-13(14)7-12/h3,6,10,12-14,18H,4-5,7-9H2,1-2H3,(H,19,20)/t12-,13+,14-/m0/s1. The Morgan fingerprint density at radius 1 is 1.26 bits per heavy atom. The quantitative estimate of drug-likeness (QED) is 0.868. The van der Waals surface area contributed by atoms with Gasteiger partial charge in [0.2, 0.25) is 15.9 Å². The summed E-state index contributed by atoms with van der Waals surface area (Å²) in [6.07, 6.45) is 5.59. The van der Waals surface area contributed by atoms with Crippen molar-refractivity contribution >= 4 is 21.6 Å². The summed E-state index contributed by atoms with van der Waals surface area (Å²) in [4.78, 5) is 12.5. The van der Waals surface area contributed by atoms with Crippen LogP contribution in [0, 0.1) is 24.7 Å². The van der Waals surface area contributed by atoms with Crippen LogP contribution >= 0.6 is 0 Å². The van der Waals surface area contributed by atoms with Crippen LogP contribution in [0.1, 0.15) is 37.7 Å². The number of amides is 1. The van der Waals surface area contributed by atoms with E-state index >= 15 is 0 Å². The topological polar surface area (TPSA) is 75.3 Å². The fourth-order valence-electron chi connectivity index (χ4n) is 4.15. The first-order chi connectivity index (χ1) is 10.9. The molecule has 0 heterocycles. The Morgan fingerprint density at radius 3 is 2.65 bits per heavy atom. The number of benzene rings is 1. The van der Waals surface area contributed by atoms with Crippen molar-refractivity contribution in [2.75, 3.05) is 12.4 Å². The van der Waals surface area contributed by atoms with Crippen LogP contribution in [-0.4, -0.2) is 21.4 Å². The van der Waals surface area contributed by atoms with Gasteiger partial charge in [-0.3, -0.25) is 4.79 Å². The molecule has 23 heavy (non-hydrogen) atoms. The van der Waals surface area contributed by atoms with E-state index in [9.17, 15) is 13.2 Å². The number of carbonyl (C=O) groups excluding carboxylic acids is 1. The Hall–Kier alpha value is -1.40. The summed E-state index contributed by atoms with van der Waals surface area (Å²) in [6.45, 7) is 1.74. The van der Waals surface area contributed by atoms with Crippen LogP contribution in [0.15, 0.2) is 23.1 Å². The second kappa shape index (κ2) is 6.24. The highest BCUT2D eigenvalue weighted by molar-refractivity contribution is 7.89. The molecule has 0 unspecified atom stereocenters. The van der Waals surface area contributed by atoms with E-state index in [-0.39, 0.29) is 10.8 Å². The van der Waals surface area contributed by atoms with Gasteiger partial charge < -0.3 is 5.32 Å². The summed E-state index contributed by atoms with van der Waals surface area (Å²) >= 11 is 0. The SMILES string of the molecule is CNS(=O)(=O)c1cc(NC(=O)C[C@@H]2C[C@H]3CC[C@@H]2C3)ccc1C. The molecule has 1 aromatic carbocycles. The minimum atomic E-state index is -3.52. The third kappa shape index (κ3) is 3.43. The van der Waals surface area contributed by atoms with E-state index in [1.54, 1.807) is 19.1 Å². The number of carbonyl (C=O) groups is 1. The van der Waals surface area contributed by atoms with Crippen molar-refractivity contribution in [1.82, 2.24) is 4.72 Å². The van der Waals surface area contributed by atoms with E-state index in [4.69, 9.17) is 0 Å². The van der Waals surface area contributed by atoms with Crippen molar-refractivity contribution in [2.24, 2.45) is 17.8 Å². The summed E-state index contributed by atoms with van der Waals surface area (Å²) in [5.41, 5.74) is 1.20. The van der Waals surface area contributed by atoms with Gasteiger partial charge in [0.25, 0.3) is 0 Å². The molecule has 0 spiro atoms. The number of anilines is 1. The maximum atomic E-state index is 12.3. The number of rotatable bonds is 5. The molecule has 2 aliphatic rings. The zero-order valence-electron chi connectivity index (χ0n) is 13.6. The zero-order valence-corrected chi connectivity index (χ0v) is 14.4. The fraction of sp³-hybridized carbons (Fsp3) is 0.588. The van der Waals surface area contributed by atoms with E-state index in [2.05, 4.69) is 10.0 Å². The third-order valence-corrected chi connectivity index (χ3v) is 6.92. The van der Waals surface area contributed by atoms with Crippen LogP contribution in [0.2, 0.25) is 0 Å². The van der Waals surface area contributed by atoms with Crippen molar-refractivity contribution in [3.05, 3.63) is 23.8 Å². The predicted octanol–water partition coefficient (Wildman–Crippen LogP) is 2.67. The lowest BCUT2D eigenvalue weighted by atomic mass is 9.86. The average Bonchev–Trinajstić information content (AvgIpc) is 3.11. The van der Waals surface area contributed by atoms with E-state index in [1.165, 1.54) is 38.8 Å². The molecule has 3 atom stereocenters. The highest BCUT2D eigenvalue weighted by atomic mass is 32.2. The summed E-state index contributed by atoms with van der Waals surface area (Å²) in [5, 5.41) is 2.86. The van der Waals surface area contributed by atoms with Crippen LogP contribution in [0.3, 0.4) is 0 Å². The lowest BCUT2D eigenvalue weighted by Crippen LogP contribution is -2.22. The van der Waals surface area contributed by atoms with Crippen LogP contribution in [0.25, 0.3) is 0 Å². The minimum Gasteiger partial charge on any atom is -0.326 e. The van der Waals surface area contributed by atoms with Gasteiger partial charge in [0.05, 0.1) is 4.90 Å². The van der Waals surface area contributed by atoms with Gasteiger partial charge in [-0.25, -0.2) is 13.1 Å². The van der Waals surface area contributed by atoms with Crippen LogP contribution in [0.5, 0.6) is 0 Å². The molecule has 6 heteroatoms. The molecule has 0 saturated heterocycles. The lowest BCUT2D eigenvalue weighted by molar-refractivity contribution is -0.117. The molecule has 5 nitrogen and oxygen atoms in total. The Bertz CT molecular complexity index is 715. The van der Waals surface area contributed by atoms with Crippen molar-refractivity contribution in [1.29, 1.82) is 0 Å². The summed E-state index contributed by atoms with van der Waals surface area (Å²) < 4.78 is 26.3. The predicted molar refractivity (Wildman–Crippen MR) is 89.6 cm³/mol. The number of hydrogen-bond acceptors (Lipinski definition) is 3. The molecule has 1 amide bonds. The second-order valence-electron chi connectivity index (χ2n) is 6.88. The molecule has 0 aromatic heterocycles. The van der Waals surface area contributed by atoms with Gasteiger partial charge in [-0.05, 0) is 68.7 Å². The van der Waals surface area contributed by atoms with Gasteiger partial charge in [-0.2, -0.15) is 0 Å². The van der Waals surface area contributed by atoms with Crippen LogP contribution in [0.4, 0.5) is 5.69 Å². The molecule has 1 aromatic rings. The third-order valence-electron chi connectivity index (χ3n) is 5.36. The van der Waals surface area contributed by atoms with Crippen molar-refractivity contribution in [3.8, 4) is 0 Å². The number of nitrogens with one attached hydrogen (secondary N) is 2. The number of hydrogen-bond donors (Lipinski definition) is 2. The molecule has 2 fully saturated rings. The number of sulfonamides is 1. The molecule has 2 N–H and O–H groups in total. The molecule has 2 saturated carbocycles. The lowest BCUT2D eigenvalue weighted by Gasteiger charge is -2.21. The van der Waals surface area contributed by atoms with E-state index in [0.29, 0.717) is 29.5 Å². The molecule has 2 bridgehead atoms. The van der Waals surface area contributed by atoms with E-state index in [1.807, 2.05) is 0 Å². The molecule has 3 rings (SSSR count). The monoisotopic (exact) mass is 336 g/mol.